The van der Waals surface area contributed by atoms with Crippen molar-refractivity contribution in [3.8, 4) is 0 Å². The number of fused-ring (bicyclic) bond motifs is 1. The van der Waals surface area contributed by atoms with Crippen molar-refractivity contribution in [2.75, 3.05) is 12.0 Å². The second-order valence-corrected chi connectivity index (χ2v) is 5.52. The van der Waals surface area contributed by atoms with E-state index in [2.05, 4.69) is 25.5 Å². The molecule has 11 nitrogen and oxygen atoms in total. The van der Waals surface area contributed by atoms with E-state index in [4.69, 9.17) is 5.11 Å². The molecule has 3 heterocycles. The molecule has 136 valence electrons. The molecule has 3 rings (SSSR count). The van der Waals surface area contributed by atoms with Gasteiger partial charge < -0.3 is 14.8 Å². The third-order valence-electron chi connectivity index (χ3n) is 3.70. The predicted molar refractivity (Wildman–Crippen MR) is 94.1 cm³/mol. The van der Waals surface area contributed by atoms with Crippen molar-refractivity contribution in [1.82, 2.24) is 24.1 Å². The zero-order valence-electron chi connectivity index (χ0n) is 13.8. The lowest BCUT2D eigenvalue weighted by Gasteiger charge is -2.11. The number of nitrogens with one attached hydrogen (secondary N) is 2. The Bertz CT molecular complexity index is 1050. The quantitative estimate of drug-likeness (QED) is 0.313. The van der Waals surface area contributed by atoms with Crippen LogP contribution in [-0.2, 0) is 13.6 Å². The summed E-state index contributed by atoms with van der Waals surface area (Å²) in [7, 11) is 1.46. The minimum absolute atomic E-state index is 0.0845. The van der Waals surface area contributed by atoms with Gasteiger partial charge in [-0.15, -0.1) is 0 Å². The predicted octanol–water partition coefficient (Wildman–Crippen LogP) is -1.38. The summed E-state index contributed by atoms with van der Waals surface area (Å²) in [5, 5.41) is 22.9. The van der Waals surface area contributed by atoms with Crippen molar-refractivity contribution >= 4 is 23.3 Å². The number of hydrogen-bond donors (Lipinski definition) is 4. The molecule has 0 aliphatic heterocycles. The molecule has 0 aromatic carbocycles. The molecule has 0 radical (unpaired) electrons. The van der Waals surface area contributed by atoms with Crippen molar-refractivity contribution in [1.29, 1.82) is 0 Å². The zero-order valence-corrected chi connectivity index (χ0v) is 13.8. The molecule has 0 amide bonds. The number of hydrazone groups is 1. The number of nitrogens with zero attached hydrogens (tertiary/aromatic N) is 5. The summed E-state index contributed by atoms with van der Waals surface area (Å²) in [6.07, 6.45) is 3.64. The van der Waals surface area contributed by atoms with Crippen LogP contribution in [0.3, 0.4) is 0 Å². The van der Waals surface area contributed by atoms with Gasteiger partial charge in [0.1, 0.15) is 0 Å². The first kappa shape index (κ1) is 17.5. The molecule has 0 saturated carbocycles. The number of aromatic nitrogens is 5. The Hall–Kier alpha value is -3.31. The van der Waals surface area contributed by atoms with Gasteiger partial charge in [-0.05, 0) is 17.7 Å². The van der Waals surface area contributed by atoms with Crippen molar-refractivity contribution in [3.63, 3.8) is 0 Å². The number of aromatic amines is 1. The second kappa shape index (κ2) is 7.29. The van der Waals surface area contributed by atoms with Crippen molar-refractivity contribution < 1.29 is 10.2 Å². The maximum Gasteiger partial charge on any atom is 0.329 e. The van der Waals surface area contributed by atoms with E-state index in [0.29, 0.717) is 0 Å². The topological polar surface area (TPSA) is 150 Å². The highest BCUT2D eigenvalue weighted by atomic mass is 16.3. The minimum atomic E-state index is -1.12. The van der Waals surface area contributed by atoms with Crippen LogP contribution >= 0.6 is 0 Å². The summed E-state index contributed by atoms with van der Waals surface area (Å²) in [6.45, 7) is -0.607. The Kier molecular flexibility index (Phi) is 4.91. The molecule has 0 fully saturated rings. The summed E-state index contributed by atoms with van der Waals surface area (Å²) in [5.41, 5.74) is 2.44. The van der Waals surface area contributed by atoms with E-state index in [0.717, 1.165) is 5.56 Å². The summed E-state index contributed by atoms with van der Waals surface area (Å²) >= 11 is 0. The molecule has 3 aromatic heterocycles. The second-order valence-electron chi connectivity index (χ2n) is 5.52. The van der Waals surface area contributed by atoms with E-state index in [1.807, 2.05) is 0 Å². The first-order valence-corrected chi connectivity index (χ1v) is 7.69. The molecule has 0 bridgehead atoms. The lowest BCUT2D eigenvalue weighted by atomic mass is 10.3. The summed E-state index contributed by atoms with van der Waals surface area (Å²) in [4.78, 5) is 34.3. The SMILES string of the molecule is Cn1c(=O)[nH]c(=O)c2c1nc(NN=Cc1ccncc1)n2CC(O)CO. The molecular weight excluding hydrogens is 342 g/mol. The molecule has 11 heteroatoms. The van der Waals surface area contributed by atoms with Crippen LogP contribution in [-0.4, -0.2) is 53.2 Å². The van der Waals surface area contributed by atoms with Crippen LogP contribution in [0.15, 0.2) is 39.2 Å². The van der Waals surface area contributed by atoms with E-state index in [9.17, 15) is 14.7 Å². The van der Waals surface area contributed by atoms with Gasteiger partial charge in [0.25, 0.3) is 5.56 Å². The maximum atomic E-state index is 12.2. The van der Waals surface area contributed by atoms with Gasteiger partial charge in [-0.2, -0.15) is 10.1 Å². The molecule has 1 atom stereocenters. The number of aliphatic hydroxyl groups is 2. The highest BCUT2D eigenvalue weighted by molar-refractivity contribution is 5.80. The Balaban J connectivity index is 2.05. The van der Waals surface area contributed by atoms with Crippen LogP contribution in [0.5, 0.6) is 0 Å². The average molecular weight is 359 g/mol. The molecule has 1 unspecified atom stereocenters. The van der Waals surface area contributed by atoms with Gasteiger partial charge in [0, 0.05) is 19.4 Å². The Labute approximate surface area is 146 Å². The molecule has 3 aromatic rings. The number of H-pyrrole nitrogens is 1. The monoisotopic (exact) mass is 359 g/mol. The molecule has 0 saturated heterocycles. The standard InChI is InChI=1S/C15H17N7O4/c1-21-12-11(13(25)19-15(21)26)22(7-10(24)8-23)14(18-12)20-17-6-9-2-4-16-5-3-9/h2-6,10,23-24H,7-8H2,1H3,(H,18,20)(H,19,25,26). The highest BCUT2D eigenvalue weighted by Crippen LogP contribution is 2.16. The minimum Gasteiger partial charge on any atom is -0.394 e. The number of aliphatic hydroxyl groups excluding tert-OH is 2. The number of rotatable bonds is 6. The van der Waals surface area contributed by atoms with E-state index in [1.165, 1.54) is 22.4 Å². The number of aryl methyl sites for hydroxylation is 1. The fourth-order valence-corrected chi connectivity index (χ4v) is 2.38. The van der Waals surface area contributed by atoms with E-state index < -0.39 is 24.0 Å². The van der Waals surface area contributed by atoms with Crippen LogP contribution in [0.4, 0.5) is 5.95 Å². The van der Waals surface area contributed by atoms with Gasteiger partial charge in [0.2, 0.25) is 5.95 Å². The van der Waals surface area contributed by atoms with Gasteiger partial charge in [-0.25, -0.2) is 10.2 Å². The fraction of sp³-hybridized carbons (Fsp3) is 0.267. The third kappa shape index (κ3) is 3.38. The molecule has 0 spiro atoms. The largest absolute Gasteiger partial charge is 0.394 e. The van der Waals surface area contributed by atoms with Gasteiger partial charge in [0.05, 0.1) is 25.5 Å². The molecular formula is C15H17N7O4. The molecule has 0 aliphatic carbocycles. The summed E-state index contributed by atoms with van der Waals surface area (Å²) in [6, 6.07) is 3.50. The summed E-state index contributed by atoms with van der Waals surface area (Å²) in [5.74, 6) is 0.143. The van der Waals surface area contributed by atoms with Gasteiger partial charge >= 0.3 is 5.69 Å². The van der Waals surface area contributed by atoms with Crippen molar-refractivity contribution in [2.45, 2.75) is 12.6 Å². The van der Waals surface area contributed by atoms with Crippen LogP contribution < -0.4 is 16.7 Å². The Morgan fingerprint density at radius 3 is 2.81 bits per heavy atom. The van der Waals surface area contributed by atoms with Gasteiger partial charge in [0.15, 0.2) is 11.2 Å². The van der Waals surface area contributed by atoms with Gasteiger partial charge in [-0.1, -0.05) is 0 Å². The Morgan fingerprint density at radius 1 is 1.38 bits per heavy atom. The number of anilines is 1. The normalized spacial score (nSPS) is 12.7. The van der Waals surface area contributed by atoms with E-state index in [1.54, 1.807) is 24.5 Å². The Morgan fingerprint density at radius 2 is 2.12 bits per heavy atom. The third-order valence-corrected chi connectivity index (χ3v) is 3.70. The molecule has 0 aliphatic rings. The van der Waals surface area contributed by atoms with Crippen molar-refractivity contribution in [2.24, 2.45) is 12.1 Å². The van der Waals surface area contributed by atoms with E-state index >= 15 is 0 Å². The van der Waals surface area contributed by atoms with Gasteiger partial charge in [-0.3, -0.25) is 19.3 Å². The van der Waals surface area contributed by atoms with Crippen LogP contribution in [0, 0.1) is 0 Å². The van der Waals surface area contributed by atoms with Crippen LogP contribution in [0.25, 0.3) is 11.2 Å². The maximum absolute atomic E-state index is 12.2. The zero-order chi connectivity index (χ0) is 18.7. The number of imidazole rings is 1. The lowest BCUT2D eigenvalue weighted by Crippen LogP contribution is -2.30. The average Bonchev–Trinajstić information content (AvgIpc) is 2.99. The van der Waals surface area contributed by atoms with Crippen molar-refractivity contribution in [3.05, 3.63) is 50.9 Å². The molecule has 26 heavy (non-hydrogen) atoms. The van der Waals surface area contributed by atoms with Crippen LogP contribution in [0.2, 0.25) is 0 Å². The first-order chi connectivity index (χ1) is 12.5. The number of pyridine rings is 1. The molecule has 4 N–H and O–H groups in total. The van der Waals surface area contributed by atoms with Crippen LogP contribution in [0.1, 0.15) is 5.56 Å². The van der Waals surface area contributed by atoms with E-state index in [-0.39, 0.29) is 23.7 Å². The number of hydrogen-bond acceptors (Lipinski definition) is 8. The lowest BCUT2D eigenvalue weighted by molar-refractivity contribution is 0.0825. The first-order valence-electron chi connectivity index (χ1n) is 7.69. The fourth-order valence-electron chi connectivity index (χ4n) is 2.38. The highest BCUT2D eigenvalue weighted by Gasteiger charge is 2.19. The summed E-state index contributed by atoms with van der Waals surface area (Å²) < 4.78 is 2.54. The smallest absolute Gasteiger partial charge is 0.329 e.